The molecule has 0 bridgehead atoms. The molecule has 8 heteroatoms. The van der Waals surface area contributed by atoms with E-state index in [9.17, 15) is 9.90 Å². The van der Waals surface area contributed by atoms with Crippen molar-refractivity contribution in [2.45, 2.75) is 12.5 Å². The number of hydrogen-bond donors (Lipinski definition) is 2. The van der Waals surface area contributed by atoms with Gasteiger partial charge in [-0.2, -0.15) is 0 Å². The molecule has 24 heavy (non-hydrogen) atoms. The maximum absolute atomic E-state index is 11.3. The monoisotopic (exact) mass is 343 g/mol. The molecule has 2 heterocycles. The predicted molar refractivity (Wildman–Crippen MR) is 93.0 cm³/mol. The summed E-state index contributed by atoms with van der Waals surface area (Å²) in [6.45, 7) is 0.575. The number of benzene rings is 1. The first kappa shape index (κ1) is 16.3. The Hall–Kier alpha value is -2.58. The Labute approximate surface area is 142 Å². The largest absolute Gasteiger partial charge is 0.388 e. The number of rotatable bonds is 6. The van der Waals surface area contributed by atoms with E-state index < -0.39 is 12.0 Å². The van der Waals surface area contributed by atoms with Crippen molar-refractivity contribution < 1.29 is 9.90 Å². The van der Waals surface area contributed by atoms with Crippen molar-refractivity contribution >= 4 is 33.4 Å². The first-order valence-corrected chi connectivity index (χ1v) is 8.23. The lowest BCUT2D eigenvalue weighted by atomic mass is 10.1. The molecule has 1 aromatic carbocycles. The number of nitrogens with two attached hydrogens (primary N) is 1. The van der Waals surface area contributed by atoms with Crippen molar-refractivity contribution in [3.8, 4) is 0 Å². The van der Waals surface area contributed by atoms with Gasteiger partial charge in [-0.15, -0.1) is 0 Å². The minimum Gasteiger partial charge on any atom is -0.388 e. The van der Waals surface area contributed by atoms with Crippen LogP contribution in [0.3, 0.4) is 0 Å². The highest BCUT2D eigenvalue weighted by Crippen LogP contribution is 2.27. The number of fused-ring (bicyclic) bond motifs is 1. The maximum Gasteiger partial charge on any atom is 0.277 e. The lowest BCUT2D eigenvalue weighted by Crippen LogP contribution is -2.22. The fourth-order valence-electron chi connectivity index (χ4n) is 2.39. The van der Waals surface area contributed by atoms with E-state index in [1.165, 1.54) is 6.33 Å². The topological polar surface area (TPSA) is 105 Å². The summed E-state index contributed by atoms with van der Waals surface area (Å²) in [6.07, 6.45) is 1.42. The van der Waals surface area contributed by atoms with Gasteiger partial charge in [0.1, 0.15) is 16.7 Å². The van der Waals surface area contributed by atoms with Gasteiger partial charge < -0.3 is 15.7 Å². The number of aliphatic hydroxyl groups excluding tert-OH is 1. The third-order valence-electron chi connectivity index (χ3n) is 3.67. The van der Waals surface area contributed by atoms with E-state index in [1.807, 2.05) is 42.3 Å². The van der Waals surface area contributed by atoms with Crippen LogP contribution in [0.4, 0.5) is 5.82 Å². The second-order valence-corrected chi connectivity index (χ2v) is 6.35. The van der Waals surface area contributed by atoms with Crippen molar-refractivity contribution in [3.63, 3.8) is 0 Å². The number of amides is 1. The SMILES string of the molecule is CN(CCC(O)c1ccccc1)c1ncnc2sc(C(N)=O)nc12. The zero-order valence-corrected chi connectivity index (χ0v) is 13.9. The van der Waals surface area contributed by atoms with Gasteiger partial charge in [-0.3, -0.25) is 4.79 Å². The molecule has 0 spiro atoms. The normalized spacial score (nSPS) is 12.2. The first-order valence-electron chi connectivity index (χ1n) is 7.41. The Balaban J connectivity index is 1.76. The molecular formula is C16H17N5O2S. The Morgan fingerprint density at radius 2 is 2.08 bits per heavy atom. The molecule has 0 radical (unpaired) electrons. The summed E-state index contributed by atoms with van der Waals surface area (Å²) in [5.74, 6) is 0.0371. The molecule has 3 N–H and O–H groups in total. The van der Waals surface area contributed by atoms with Crippen molar-refractivity contribution in [2.24, 2.45) is 5.73 Å². The van der Waals surface area contributed by atoms with E-state index in [2.05, 4.69) is 15.0 Å². The van der Waals surface area contributed by atoms with Crippen LogP contribution >= 0.6 is 11.3 Å². The van der Waals surface area contributed by atoms with Gasteiger partial charge in [-0.25, -0.2) is 15.0 Å². The van der Waals surface area contributed by atoms with Crippen LogP contribution in [0.5, 0.6) is 0 Å². The molecule has 0 saturated carbocycles. The molecule has 0 saturated heterocycles. The van der Waals surface area contributed by atoms with Gasteiger partial charge in [0.15, 0.2) is 10.8 Å². The molecule has 1 amide bonds. The Morgan fingerprint density at radius 3 is 2.79 bits per heavy atom. The van der Waals surface area contributed by atoms with Gasteiger partial charge in [-0.1, -0.05) is 41.7 Å². The Morgan fingerprint density at radius 1 is 1.33 bits per heavy atom. The van der Waals surface area contributed by atoms with E-state index in [0.29, 0.717) is 29.1 Å². The van der Waals surface area contributed by atoms with Crippen LogP contribution in [0.2, 0.25) is 0 Å². The number of aromatic nitrogens is 3. The van der Waals surface area contributed by atoms with Crippen molar-refractivity contribution in [1.29, 1.82) is 0 Å². The van der Waals surface area contributed by atoms with Gasteiger partial charge in [0.2, 0.25) is 0 Å². The van der Waals surface area contributed by atoms with Crippen LogP contribution in [0, 0.1) is 0 Å². The molecule has 124 valence electrons. The van der Waals surface area contributed by atoms with Crippen molar-refractivity contribution in [2.75, 3.05) is 18.5 Å². The highest BCUT2D eigenvalue weighted by atomic mass is 32.1. The molecule has 2 aromatic heterocycles. The molecule has 3 rings (SSSR count). The summed E-state index contributed by atoms with van der Waals surface area (Å²) in [7, 11) is 1.86. The van der Waals surface area contributed by atoms with E-state index in [-0.39, 0.29) is 5.01 Å². The first-order chi connectivity index (χ1) is 11.6. The molecule has 1 atom stereocenters. The van der Waals surface area contributed by atoms with E-state index in [4.69, 9.17) is 5.73 Å². The van der Waals surface area contributed by atoms with E-state index in [1.54, 1.807) is 0 Å². The van der Waals surface area contributed by atoms with E-state index in [0.717, 1.165) is 16.9 Å². The summed E-state index contributed by atoms with van der Waals surface area (Å²) >= 11 is 1.15. The summed E-state index contributed by atoms with van der Waals surface area (Å²) in [5.41, 5.74) is 6.71. The lowest BCUT2D eigenvalue weighted by Gasteiger charge is -2.20. The Bertz CT molecular complexity index is 852. The number of thiazole rings is 1. The van der Waals surface area contributed by atoms with Gasteiger partial charge in [0, 0.05) is 13.6 Å². The fraction of sp³-hybridized carbons (Fsp3) is 0.250. The molecular weight excluding hydrogens is 326 g/mol. The van der Waals surface area contributed by atoms with Crippen LogP contribution in [-0.2, 0) is 0 Å². The molecule has 3 aromatic rings. The number of nitrogens with zero attached hydrogens (tertiary/aromatic N) is 4. The zero-order chi connectivity index (χ0) is 17.1. The number of carbonyl (C=O) groups excluding carboxylic acids is 1. The minimum atomic E-state index is -0.578. The maximum atomic E-state index is 11.3. The third kappa shape index (κ3) is 3.34. The quantitative estimate of drug-likeness (QED) is 0.706. The van der Waals surface area contributed by atoms with Gasteiger partial charge >= 0.3 is 0 Å². The summed E-state index contributed by atoms with van der Waals surface area (Å²) in [4.78, 5) is 26.4. The van der Waals surface area contributed by atoms with Crippen molar-refractivity contribution in [1.82, 2.24) is 15.0 Å². The highest BCUT2D eigenvalue weighted by molar-refractivity contribution is 7.19. The Kier molecular flexibility index (Phi) is 4.68. The smallest absolute Gasteiger partial charge is 0.277 e. The number of anilines is 1. The number of primary amides is 1. The number of carbonyl (C=O) groups is 1. The second kappa shape index (κ2) is 6.90. The standard InChI is InChI=1S/C16H17N5O2S/c1-21(8-7-11(22)10-5-3-2-4-6-10)14-12-15(19-9-18-14)24-16(20-12)13(17)23/h2-6,9,11,22H,7-8H2,1H3,(H2,17,23). The average Bonchev–Trinajstić information content (AvgIpc) is 3.04. The van der Waals surface area contributed by atoms with Gasteiger partial charge in [0.05, 0.1) is 6.10 Å². The van der Waals surface area contributed by atoms with Crippen LogP contribution in [0.1, 0.15) is 27.9 Å². The molecule has 0 aliphatic carbocycles. The molecule has 0 aliphatic heterocycles. The van der Waals surface area contributed by atoms with Gasteiger partial charge in [0.25, 0.3) is 5.91 Å². The molecule has 1 unspecified atom stereocenters. The van der Waals surface area contributed by atoms with Crippen molar-refractivity contribution in [3.05, 3.63) is 47.2 Å². The highest BCUT2D eigenvalue weighted by Gasteiger charge is 2.17. The summed E-state index contributed by atoms with van der Waals surface area (Å²) in [5, 5.41) is 10.5. The second-order valence-electron chi connectivity index (χ2n) is 5.37. The minimum absolute atomic E-state index is 0.212. The van der Waals surface area contributed by atoms with E-state index >= 15 is 0 Å². The van der Waals surface area contributed by atoms with Crippen LogP contribution in [0.15, 0.2) is 36.7 Å². The summed E-state index contributed by atoms with van der Waals surface area (Å²) < 4.78 is 0. The van der Waals surface area contributed by atoms with Crippen LogP contribution in [0.25, 0.3) is 10.3 Å². The number of aliphatic hydroxyl groups is 1. The average molecular weight is 343 g/mol. The molecule has 0 fully saturated rings. The fourth-order valence-corrected chi connectivity index (χ4v) is 3.14. The number of hydrogen-bond acceptors (Lipinski definition) is 7. The molecule has 0 aliphatic rings. The van der Waals surface area contributed by atoms with Crippen LogP contribution < -0.4 is 10.6 Å². The lowest BCUT2D eigenvalue weighted by molar-refractivity contribution is 0.1000. The summed E-state index contributed by atoms with van der Waals surface area (Å²) in [6, 6.07) is 9.51. The third-order valence-corrected chi connectivity index (χ3v) is 4.65. The predicted octanol–water partition coefficient (Wildman–Crippen LogP) is 1.75. The van der Waals surface area contributed by atoms with Gasteiger partial charge in [-0.05, 0) is 12.0 Å². The van der Waals surface area contributed by atoms with Crippen LogP contribution in [-0.4, -0.2) is 39.6 Å². The zero-order valence-electron chi connectivity index (χ0n) is 13.1. The molecule has 7 nitrogen and oxygen atoms in total.